The van der Waals surface area contributed by atoms with Crippen LogP contribution < -0.4 is 21.9 Å². The molecular formula is C19H27N6O3S3+. The molecule has 0 spiro atoms. The van der Waals surface area contributed by atoms with E-state index in [0.29, 0.717) is 16.0 Å². The van der Waals surface area contributed by atoms with Gasteiger partial charge in [0, 0.05) is 13.1 Å². The summed E-state index contributed by atoms with van der Waals surface area (Å²) in [5, 5.41) is 8.98. The first kappa shape index (κ1) is 24.9. The van der Waals surface area contributed by atoms with Crippen LogP contribution in [0.3, 0.4) is 0 Å². The molecule has 4 rings (SSSR count). The lowest BCUT2D eigenvalue weighted by Crippen LogP contribution is -2.16. The van der Waals surface area contributed by atoms with Gasteiger partial charge in [0.15, 0.2) is 0 Å². The summed E-state index contributed by atoms with van der Waals surface area (Å²) < 4.78 is 39.9. The minimum atomic E-state index is -4.50. The van der Waals surface area contributed by atoms with Crippen LogP contribution in [0.5, 0.6) is 0 Å². The van der Waals surface area contributed by atoms with Gasteiger partial charge in [-0.1, -0.05) is 28.7 Å². The van der Waals surface area contributed by atoms with E-state index in [1.165, 1.54) is 29.0 Å². The maximum absolute atomic E-state index is 11.3. The molecule has 0 radical (unpaired) electrons. The highest BCUT2D eigenvalue weighted by molar-refractivity contribution is 7.85. The zero-order valence-electron chi connectivity index (χ0n) is 18.1. The molecule has 4 aromatic rings. The summed E-state index contributed by atoms with van der Waals surface area (Å²) in [5.41, 5.74) is 3.15. The summed E-state index contributed by atoms with van der Waals surface area (Å²) in [5.74, 6) is 0. The molecule has 168 valence electrons. The van der Waals surface area contributed by atoms with Gasteiger partial charge in [0.05, 0.1) is 25.3 Å². The van der Waals surface area contributed by atoms with Gasteiger partial charge in [-0.15, -0.1) is 10.2 Å². The molecule has 0 aliphatic carbocycles. The third-order valence-corrected chi connectivity index (χ3v) is 7.53. The van der Waals surface area contributed by atoms with E-state index < -0.39 is 10.1 Å². The van der Waals surface area contributed by atoms with Crippen LogP contribution in [-0.2, 0) is 23.2 Å². The number of quaternary nitrogens is 2. The first-order valence-electron chi connectivity index (χ1n) is 9.08. The van der Waals surface area contributed by atoms with Crippen molar-refractivity contribution in [2.75, 3.05) is 0 Å². The topological polar surface area (TPSA) is 165 Å². The van der Waals surface area contributed by atoms with Crippen molar-refractivity contribution in [3.05, 3.63) is 51.6 Å². The molecule has 0 aliphatic rings. The Labute approximate surface area is 187 Å². The summed E-state index contributed by atoms with van der Waals surface area (Å²) in [4.78, 5) is 1.22. The molecule has 12 heteroatoms. The molecule has 0 fully saturated rings. The Hall–Kier alpha value is -2.35. The number of fused-ring (bicyclic) bond motifs is 2. The van der Waals surface area contributed by atoms with Gasteiger partial charge in [-0.2, -0.15) is 0 Å². The van der Waals surface area contributed by atoms with E-state index in [0.717, 1.165) is 27.1 Å². The van der Waals surface area contributed by atoms with E-state index in [1.54, 1.807) is 17.4 Å². The van der Waals surface area contributed by atoms with Crippen LogP contribution in [0.15, 0.2) is 51.5 Å². The summed E-state index contributed by atoms with van der Waals surface area (Å²) in [7, 11) is -4.50. The molecule has 2 aromatic carbocycles. The van der Waals surface area contributed by atoms with Gasteiger partial charge in [0.25, 0.3) is 0 Å². The van der Waals surface area contributed by atoms with E-state index in [2.05, 4.69) is 46.8 Å². The largest absolute Gasteiger partial charge is 0.744 e. The molecule has 2 aromatic heterocycles. The second kappa shape index (κ2) is 9.42. The van der Waals surface area contributed by atoms with Gasteiger partial charge < -0.3 is 26.0 Å². The Bertz CT molecular complexity index is 1480. The quantitative estimate of drug-likeness (QED) is 0.329. The first-order valence-corrected chi connectivity index (χ1v) is 12.1. The van der Waals surface area contributed by atoms with Crippen LogP contribution in [0.1, 0.15) is 19.4 Å². The molecule has 0 amide bonds. The van der Waals surface area contributed by atoms with Gasteiger partial charge in [0.1, 0.15) is 10.1 Å². The monoisotopic (exact) mass is 483 g/mol. The lowest BCUT2D eigenvalue weighted by Gasteiger charge is -2.06. The van der Waals surface area contributed by atoms with Crippen LogP contribution >= 0.6 is 22.7 Å². The maximum atomic E-state index is 11.3. The van der Waals surface area contributed by atoms with Crippen LogP contribution in [0, 0.1) is 6.92 Å². The van der Waals surface area contributed by atoms with Crippen molar-refractivity contribution in [1.29, 1.82) is 0 Å². The Morgan fingerprint density at radius 2 is 1.35 bits per heavy atom. The lowest BCUT2D eigenvalue weighted by molar-refractivity contribution is 0.463. The second-order valence-electron chi connectivity index (χ2n) is 6.51. The van der Waals surface area contributed by atoms with Crippen molar-refractivity contribution in [3.8, 4) is 0 Å². The smallest absolute Gasteiger partial charge is 0.211 e. The maximum Gasteiger partial charge on any atom is 0.211 e. The zero-order chi connectivity index (χ0) is 20.8. The minimum absolute atomic E-state index is 0. The molecule has 8 N–H and O–H groups in total. The lowest BCUT2D eigenvalue weighted by atomic mass is 10.2. The number of rotatable bonds is 4. The number of hydrogen-bond donors (Lipinski definition) is 2. The molecule has 31 heavy (non-hydrogen) atoms. The predicted octanol–water partition coefficient (Wildman–Crippen LogP) is 4.14. The predicted molar refractivity (Wildman–Crippen MR) is 127 cm³/mol. The van der Waals surface area contributed by atoms with Crippen molar-refractivity contribution in [1.82, 2.24) is 21.4 Å². The summed E-state index contributed by atoms with van der Waals surface area (Å²) in [6, 6.07) is 10.7. The number of aryl methyl sites for hydroxylation is 3. The molecule has 0 saturated carbocycles. The summed E-state index contributed by atoms with van der Waals surface area (Å²) >= 11 is 2.90. The number of thiazole rings is 2. The van der Waals surface area contributed by atoms with E-state index in [-0.39, 0.29) is 17.2 Å². The Balaban J connectivity index is 0.00000171. The van der Waals surface area contributed by atoms with Crippen LogP contribution in [0.25, 0.3) is 20.4 Å². The average molecular weight is 484 g/mol. The van der Waals surface area contributed by atoms with Crippen molar-refractivity contribution < 1.29 is 13.0 Å². The standard InChI is InChI=1S/C19H20N4O3S3.2H3N/c1-4-22-14-8-6-12(3)10-16(14)27-18(22)20-21-19-23(5-2)15-9-7-13(29(24,25)26)11-17(15)28-19;;/h6-11H,4-5H2,1-3H3,(H,24,25,26);2*1H3/p+1/b20-18-,21-19-;;. The van der Waals surface area contributed by atoms with E-state index in [4.69, 9.17) is 0 Å². The normalized spacial score (nSPS) is 12.9. The highest BCUT2D eigenvalue weighted by atomic mass is 32.2. The SMILES string of the molecule is CCn1/c(=N/N=c2\sc3cc(S(=O)(=O)[O-])ccc3n2CC)sc2cc(C)ccc21.[NH4+].[NH4+]. The number of nitrogens with zero attached hydrogens (tertiary/aromatic N) is 4. The van der Waals surface area contributed by atoms with Gasteiger partial charge in [-0.3, -0.25) is 0 Å². The van der Waals surface area contributed by atoms with Gasteiger partial charge in [0.2, 0.25) is 9.60 Å². The van der Waals surface area contributed by atoms with E-state index >= 15 is 0 Å². The fraction of sp³-hybridized carbons (Fsp3) is 0.263. The fourth-order valence-corrected chi connectivity index (χ4v) is 6.04. The average Bonchev–Trinajstić information content (AvgIpc) is 3.21. The Morgan fingerprint density at radius 1 is 0.871 bits per heavy atom. The third kappa shape index (κ3) is 4.63. The highest BCUT2D eigenvalue weighted by Gasteiger charge is 2.09. The molecule has 0 bridgehead atoms. The van der Waals surface area contributed by atoms with Crippen LogP contribution in [0.4, 0.5) is 0 Å². The zero-order valence-corrected chi connectivity index (χ0v) is 20.6. The summed E-state index contributed by atoms with van der Waals surface area (Å²) in [6.45, 7) is 7.55. The van der Waals surface area contributed by atoms with Crippen molar-refractivity contribution >= 4 is 53.2 Å². The Kier molecular flexibility index (Phi) is 7.57. The Morgan fingerprint density at radius 3 is 1.84 bits per heavy atom. The number of hydrogen-bond acceptors (Lipinski definition) is 7. The molecule has 0 aliphatic heterocycles. The molecule has 9 nitrogen and oxygen atoms in total. The van der Waals surface area contributed by atoms with Crippen molar-refractivity contribution in [2.45, 2.75) is 38.8 Å². The van der Waals surface area contributed by atoms with E-state index in [9.17, 15) is 13.0 Å². The summed E-state index contributed by atoms with van der Waals surface area (Å²) in [6.07, 6.45) is 0. The van der Waals surface area contributed by atoms with E-state index in [1.807, 2.05) is 11.5 Å². The van der Waals surface area contributed by atoms with Gasteiger partial charge in [-0.05, 0) is 56.7 Å². The third-order valence-electron chi connectivity index (χ3n) is 4.63. The molecule has 0 unspecified atom stereocenters. The number of benzene rings is 2. The van der Waals surface area contributed by atoms with Crippen LogP contribution in [0.2, 0.25) is 0 Å². The highest BCUT2D eigenvalue weighted by Crippen LogP contribution is 2.22. The fourth-order valence-electron chi connectivity index (χ4n) is 3.24. The van der Waals surface area contributed by atoms with Gasteiger partial charge in [-0.25, -0.2) is 8.42 Å². The van der Waals surface area contributed by atoms with Crippen LogP contribution in [-0.4, -0.2) is 22.1 Å². The molecular weight excluding hydrogens is 456 g/mol. The minimum Gasteiger partial charge on any atom is -0.744 e. The molecule has 0 atom stereocenters. The number of aromatic nitrogens is 2. The van der Waals surface area contributed by atoms with Crippen molar-refractivity contribution in [2.24, 2.45) is 10.2 Å². The first-order chi connectivity index (χ1) is 13.8. The van der Waals surface area contributed by atoms with Gasteiger partial charge >= 0.3 is 0 Å². The second-order valence-corrected chi connectivity index (χ2v) is 9.91. The molecule has 0 saturated heterocycles. The van der Waals surface area contributed by atoms with Crippen molar-refractivity contribution in [3.63, 3.8) is 0 Å². The molecule has 2 heterocycles.